The van der Waals surface area contributed by atoms with Gasteiger partial charge >= 0.3 is 0 Å². The van der Waals surface area contributed by atoms with Crippen LogP contribution in [0.1, 0.15) is 61.9 Å². The number of nitrogens with zero attached hydrogens (tertiary/aromatic N) is 5. The fraction of sp³-hybridized carbons (Fsp3) is 0.438. The Kier molecular flexibility index (Phi) is 12.1. The predicted octanol–water partition coefficient (Wildman–Crippen LogP) is 2.64. The third kappa shape index (κ3) is 9.37. The maximum Gasteiger partial charge on any atom is 0.244 e. The van der Waals surface area contributed by atoms with Crippen molar-refractivity contribution in [3.8, 4) is 6.07 Å². The molecule has 250 valence electrons. The molecule has 2 aromatic carbocycles. The molecule has 3 aromatic rings. The predicted molar refractivity (Wildman–Crippen MR) is 174 cm³/mol. The summed E-state index contributed by atoms with van der Waals surface area (Å²) in [5.41, 5.74) is 1.05. The Morgan fingerprint density at radius 3 is 2.45 bits per heavy atom. The summed E-state index contributed by atoms with van der Waals surface area (Å²) in [6, 6.07) is 13.6. The van der Waals surface area contributed by atoms with Crippen LogP contribution in [0.4, 0.5) is 0 Å². The second kappa shape index (κ2) is 16.0. The Morgan fingerprint density at radius 2 is 1.77 bits per heavy atom. The monoisotopic (exact) mass is 682 g/mol. The van der Waals surface area contributed by atoms with Crippen LogP contribution in [0.3, 0.4) is 0 Å². The number of aromatic nitrogens is 3. The van der Waals surface area contributed by atoms with Crippen molar-refractivity contribution in [2.24, 2.45) is 5.92 Å². The summed E-state index contributed by atoms with van der Waals surface area (Å²) in [7, 11) is -4.13. The first-order valence-corrected chi connectivity index (χ1v) is 17.2. The first-order valence-electron chi connectivity index (χ1n) is 15.4. The third-order valence-electron chi connectivity index (χ3n) is 7.67. The number of amides is 3. The molecule has 0 radical (unpaired) electrons. The number of nitriles is 1. The van der Waals surface area contributed by atoms with E-state index in [-0.39, 0.29) is 79.2 Å². The molecule has 0 aliphatic carbocycles. The molecule has 0 spiro atoms. The van der Waals surface area contributed by atoms with Gasteiger partial charge in [0.05, 0.1) is 22.7 Å². The van der Waals surface area contributed by atoms with Crippen LogP contribution in [0.2, 0.25) is 5.02 Å². The van der Waals surface area contributed by atoms with Crippen LogP contribution in [0, 0.1) is 24.2 Å². The lowest BCUT2D eigenvalue weighted by atomic mass is 10.0. The molecule has 0 saturated carbocycles. The standard InChI is InChI=1S/C32H39ClN8O5S/c1-21(2)30-31-36-22(3)39-41(31)20-29(43)35-14-8-16-40(47(45,46)27-13-12-24(19-34)17-25(27)33)15-7-11-28(42)37-26(32(44)38-30)18-23-9-5-4-6-10-23/h4-6,9-10,12-13,17,21,26,30H,7-8,11,14-16,18,20H2,1-3H3,(H,35,43)(H,37,42)(H,38,44)/t26-,30+/m1/s1. The molecule has 47 heavy (non-hydrogen) atoms. The molecule has 2 atom stereocenters. The van der Waals surface area contributed by atoms with Crippen LogP contribution in [-0.2, 0) is 37.4 Å². The third-order valence-corrected chi connectivity index (χ3v) is 10.1. The maximum atomic E-state index is 13.8. The van der Waals surface area contributed by atoms with Crippen LogP contribution < -0.4 is 16.0 Å². The Balaban J connectivity index is 1.64. The van der Waals surface area contributed by atoms with Gasteiger partial charge in [0.1, 0.15) is 23.3 Å². The van der Waals surface area contributed by atoms with Crippen LogP contribution in [0.25, 0.3) is 0 Å². The zero-order chi connectivity index (χ0) is 34.1. The van der Waals surface area contributed by atoms with Gasteiger partial charge in [0.2, 0.25) is 27.7 Å². The molecule has 4 rings (SSSR count). The summed E-state index contributed by atoms with van der Waals surface area (Å²) >= 11 is 6.27. The molecule has 3 amide bonds. The van der Waals surface area contributed by atoms with Gasteiger partial charge in [-0.15, -0.1) is 0 Å². The van der Waals surface area contributed by atoms with Crippen molar-refractivity contribution in [1.29, 1.82) is 5.26 Å². The van der Waals surface area contributed by atoms with E-state index in [1.807, 2.05) is 50.2 Å². The lowest BCUT2D eigenvalue weighted by Crippen LogP contribution is -2.50. The first kappa shape index (κ1) is 35.5. The number of benzene rings is 2. The van der Waals surface area contributed by atoms with Gasteiger partial charge < -0.3 is 16.0 Å². The van der Waals surface area contributed by atoms with E-state index in [2.05, 4.69) is 26.0 Å². The molecule has 0 unspecified atom stereocenters. The van der Waals surface area contributed by atoms with Crippen molar-refractivity contribution in [3.63, 3.8) is 0 Å². The molecule has 2 heterocycles. The van der Waals surface area contributed by atoms with Crippen LogP contribution in [-0.4, -0.2) is 70.9 Å². The minimum absolute atomic E-state index is 0.0212. The molecule has 0 bridgehead atoms. The van der Waals surface area contributed by atoms with Crippen LogP contribution >= 0.6 is 11.6 Å². The molecule has 0 saturated heterocycles. The summed E-state index contributed by atoms with van der Waals surface area (Å²) in [6.45, 7) is 5.54. The molecular weight excluding hydrogens is 644 g/mol. The Labute approximate surface area is 279 Å². The minimum Gasteiger partial charge on any atom is -0.354 e. The number of sulfonamides is 1. The highest BCUT2D eigenvalue weighted by Gasteiger charge is 2.31. The van der Waals surface area contributed by atoms with Crippen molar-refractivity contribution in [3.05, 3.63) is 76.3 Å². The Morgan fingerprint density at radius 1 is 1.04 bits per heavy atom. The minimum atomic E-state index is -4.13. The van der Waals surface area contributed by atoms with Crippen molar-refractivity contribution >= 4 is 39.3 Å². The lowest BCUT2D eigenvalue weighted by Gasteiger charge is -2.26. The normalized spacial score (nSPS) is 19.4. The molecule has 13 nitrogen and oxygen atoms in total. The highest BCUT2D eigenvalue weighted by molar-refractivity contribution is 7.89. The van der Waals surface area contributed by atoms with Gasteiger partial charge in [-0.3, -0.25) is 14.4 Å². The number of halogens is 1. The first-order chi connectivity index (χ1) is 22.4. The van der Waals surface area contributed by atoms with Gasteiger partial charge in [-0.2, -0.15) is 14.7 Å². The average molecular weight is 683 g/mol. The van der Waals surface area contributed by atoms with E-state index in [4.69, 9.17) is 11.6 Å². The topological polar surface area (TPSA) is 179 Å². The van der Waals surface area contributed by atoms with Crippen LogP contribution in [0.5, 0.6) is 0 Å². The highest BCUT2D eigenvalue weighted by atomic mass is 35.5. The Bertz CT molecular complexity index is 1740. The summed E-state index contributed by atoms with van der Waals surface area (Å²) in [5, 5.41) is 22.1. The van der Waals surface area contributed by atoms with E-state index < -0.39 is 33.9 Å². The van der Waals surface area contributed by atoms with Gasteiger partial charge in [0, 0.05) is 32.5 Å². The quantitative estimate of drug-likeness (QED) is 0.368. The molecule has 15 heteroatoms. The summed E-state index contributed by atoms with van der Waals surface area (Å²) in [6.07, 6.45) is 0.596. The summed E-state index contributed by atoms with van der Waals surface area (Å²) in [4.78, 5) is 44.4. The average Bonchev–Trinajstić information content (AvgIpc) is 3.38. The lowest BCUT2D eigenvalue weighted by molar-refractivity contribution is -0.129. The second-order valence-corrected chi connectivity index (χ2v) is 14.0. The SMILES string of the molecule is Cc1nc2n(n1)CC(=O)NCCCN(S(=O)(=O)c1ccc(C#N)cc1Cl)CCCC(=O)N[C@H](Cc1ccccc1)C(=O)N[C@H]2C(C)C. The molecule has 3 N–H and O–H groups in total. The maximum absolute atomic E-state index is 13.8. The van der Waals surface area contributed by atoms with Crippen molar-refractivity contribution < 1.29 is 22.8 Å². The number of fused-ring (bicyclic) bond motifs is 1. The van der Waals surface area contributed by atoms with E-state index in [1.54, 1.807) is 6.92 Å². The second-order valence-electron chi connectivity index (χ2n) is 11.7. The molecule has 1 aromatic heterocycles. The summed E-state index contributed by atoms with van der Waals surface area (Å²) in [5.74, 6) is -0.495. The largest absolute Gasteiger partial charge is 0.354 e. The van der Waals surface area contributed by atoms with Crippen molar-refractivity contribution in [2.45, 2.75) is 70.0 Å². The number of nitrogens with one attached hydrogen (secondary N) is 3. The van der Waals surface area contributed by atoms with E-state index in [0.717, 1.165) is 5.56 Å². The number of carbonyl (C=O) groups excluding carboxylic acids is 3. The number of hydrogen-bond donors (Lipinski definition) is 3. The van der Waals surface area contributed by atoms with E-state index in [1.165, 1.54) is 27.2 Å². The van der Waals surface area contributed by atoms with Gasteiger partial charge in [-0.1, -0.05) is 55.8 Å². The molecule has 0 fully saturated rings. The molecule has 1 aliphatic rings. The van der Waals surface area contributed by atoms with Crippen molar-refractivity contribution in [1.82, 2.24) is 35.0 Å². The molecular formula is C32H39ClN8O5S. The van der Waals surface area contributed by atoms with E-state index >= 15 is 0 Å². The van der Waals surface area contributed by atoms with Gasteiger partial charge in [0.15, 0.2) is 5.82 Å². The number of rotatable bonds is 5. The van der Waals surface area contributed by atoms with Gasteiger partial charge in [-0.25, -0.2) is 18.1 Å². The fourth-order valence-electron chi connectivity index (χ4n) is 5.29. The van der Waals surface area contributed by atoms with Crippen molar-refractivity contribution in [2.75, 3.05) is 19.6 Å². The zero-order valence-corrected chi connectivity index (χ0v) is 28.1. The smallest absolute Gasteiger partial charge is 0.244 e. The van der Waals surface area contributed by atoms with E-state index in [9.17, 15) is 28.1 Å². The van der Waals surface area contributed by atoms with Gasteiger partial charge in [-0.05, 0) is 49.4 Å². The van der Waals surface area contributed by atoms with E-state index in [0.29, 0.717) is 11.6 Å². The van der Waals surface area contributed by atoms with Gasteiger partial charge in [0.25, 0.3) is 0 Å². The van der Waals surface area contributed by atoms with Crippen LogP contribution in [0.15, 0.2) is 53.4 Å². The fourth-order valence-corrected chi connectivity index (χ4v) is 7.32. The number of carbonyl (C=O) groups is 3. The Hall–Kier alpha value is -4.32. The highest BCUT2D eigenvalue weighted by Crippen LogP contribution is 2.26. The zero-order valence-electron chi connectivity index (χ0n) is 26.6. The number of aryl methyl sites for hydroxylation is 1. The molecule has 1 aliphatic heterocycles. The summed E-state index contributed by atoms with van der Waals surface area (Å²) < 4.78 is 30.1. The number of hydrogen-bond acceptors (Lipinski definition) is 8.